The van der Waals surface area contributed by atoms with Gasteiger partial charge in [0.05, 0.1) is 6.54 Å². The molecule has 0 fully saturated rings. The Balaban J connectivity index is 1.88. The number of hydrogen-bond donors (Lipinski definition) is 1. The lowest BCUT2D eigenvalue weighted by atomic mass is 10.1. The molecule has 36 heavy (non-hydrogen) atoms. The van der Waals surface area contributed by atoms with E-state index in [0.717, 1.165) is 23.1 Å². The largest absolute Gasteiger partial charge is 0.461 e. The van der Waals surface area contributed by atoms with Crippen molar-refractivity contribution in [3.8, 4) is 17.2 Å². The van der Waals surface area contributed by atoms with Gasteiger partial charge in [-0.15, -0.1) is 0 Å². The van der Waals surface area contributed by atoms with Crippen LogP contribution < -0.4 is 14.4 Å². The maximum atomic E-state index is 13.4. The van der Waals surface area contributed by atoms with Crippen LogP contribution in [0.15, 0.2) is 72.8 Å². The molecule has 194 valence electrons. The number of aliphatic hydroxyl groups excluding tert-OH is 1. The molecule has 0 saturated carbocycles. The molecule has 0 radical (unpaired) electrons. The van der Waals surface area contributed by atoms with Gasteiger partial charge in [0.1, 0.15) is 23.1 Å². The Morgan fingerprint density at radius 2 is 1.42 bits per heavy atom. The van der Waals surface area contributed by atoms with Crippen molar-refractivity contribution in [3.05, 3.63) is 84.2 Å². The molecule has 0 amide bonds. The van der Waals surface area contributed by atoms with Crippen molar-refractivity contribution < 1.29 is 49.7 Å². The van der Waals surface area contributed by atoms with E-state index < -0.39 is 42.9 Å². The second-order valence-electron chi connectivity index (χ2n) is 7.61. The van der Waals surface area contributed by atoms with E-state index in [1.807, 2.05) is 0 Å². The molecule has 0 aliphatic rings. The lowest BCUT2D eigenvalue weighted by Crippen LogP contribution is -2.40. The molecule has 0 heterocycles. The molecule has 1 unspecified atom stereocenters. The van der Waals surface area contributed by atoms with Crippen LogP contribution in [-0.2, 0) is 6.54 Å². The number of nitrogens with zero attached hydrogens (tertiary/aromatic N) is 1. The van der Waals surface area contributed by atoms with E-state index in [9.17, 15) is 40.2 Å². The normalized spacial score (nSPS) is 12.9. The number of halogens is 8. The molecule has 0 saturated heterocycles. The highest BCUT2D eigenvalue weighted by molar-refractivity contribution is 5.52. The highest BCUT2D eigenvalue weighted by Gasteiger charge is 2.44. The maximum Gasteiger partial charge on any atom is 0.461 e. The van der Waals surface area contributed by atoms with Crippen molar-refractivity contribution >= 4 is 5.69 Å². The van der Waals surface area contributed by atoms with Crippen LogP contribution >= 0.6 is 0 Å². The van der Waals surface area contributed by atoms with Gasteiger partial charge in [-0.1, -0.05) is 24.3 Å². The number of aliphatic hydroxyl groups is 1. The first kappa shape index (κ1) is 27.1. The summed E-state index contributed by atoms with van der Waals surface area (Å²) in [7, 11) is 0. The van der Waals surface area contributed by atoms with Gasteiger partial charge >= 0.3 is 18.7 Å². The number of rotatable bonds is 10. The molecule has 0 spiro atoms. The van der Waals surface area contributed by atoms with Crippen LogP contribution in [0.2, 0.25) is 0 Å². The molecule has 0 bridgehead atoms. The van der Waals surface area contributed by atoms with Gasteiger partial charge in [0.25, 0.3) is 0 Å². The summed E-state index contributed by atoms with van der Waals surface area (Å²) in [6, 6.07) is 15.3. The summed E-state index contributed by atoms with van der Waals surface area (Å²) in [6.07, 6.45) is -16.6. The number of alkyl halides is 7. The zero-order valence-electron chi connectivity index (χ0n) is 18.2. The second kappa shape index (κ2) is 11.0. The Kier molecular flexibility index (Phi) is 8.28. The number of hydrogen-bond acceptors (Lipinski definition) is 4. The van der Waals surface area contributed by atoms with E-state index in [1.54, 1.807) is 0 Å². The lowest BCUT2D eigenvalue weighted by Gasteiger charge is -2.29. The Morgan fingerprint density at radius 1 is 0.806 bits per heavy atom. The van der Waals surface area contributed by atoms with E-state index in [0.29, 0.717) is 0 Å². The Hall–Kier alpha value is -3.54. The van der Waals surface area contributed by atoms with E-state index in [2.05, 4.69) is 4.74 Å². The fraction of sp³-hybridized carbons (Fsp3) is 0.250. The molecule has 3 aromatic carbocycles. The van der Waals surface area contributed by atoms with Crippen LogP contribution in [0.1, 0.15) is 5.56 Å². The highest BCUT2D eigenvalue weighted by Crippen LogP contribution is 2.31. The number of benzene rings is 3. The van der Waals surface area contributed by atoms with Crippen LogP contribution in [0.5, 0.6) is 17.2 Å². The summed E-state index contributed by atoms with van der Waals surface area (Å²) < 4.78 is 114. The highest BCUT2D eigenvalue weighted by atomic mass is 19.4. The van der Waals surface area contributed by atoms with Gasteiger partial charge in [0.2, 0.25) is 0 Å². The van der Waals surface area contributed by atoms with Crippen LogP contribution in [0, 0.1) is 5.82 Å². The van der Waals surface area contributed by atoms with E-state index in [1.165, 1.54) is 54.6 Å². The van der Waals surface area contributed by atoms with Crippen molar-refractivity contribution in [2.24, 2.45) is 0 Å². The summed E-state index contributed by atoms with van der Waals surface area (Å²) in [5.41, 5.74) is 0.264. The smallest absolute Gasteiger partial charge is 0.457 e. The van der Waals surface area contributed by atoms with Crippen molar-refractivity contribution in [2.75, 3.05) is 11.4 Å². The zero-order chi connectivity index (χ0) is 26.5. The molecule has 4 nitrogen and oxygen atoms in total. The van der Waals surface area contributed by atoms with Crippen LogP contribution in [0.25, 0.3) is 0 Å². The molecule has 1 atom stereocenters. The van der Waals surface area contributed by atoms with E-state index >= 15 is 0 Å². The number of ether oxygens (including phenoxy) is 2. The van der Waals surface area contributed by atoms with Crippen molar-refractivity contribution in [2.45, 2.75) is 31.4 Å². The third-order valence-electron chi connectivity index (χ3n) is 4.77. The average molecular weight is 521 g/mol. The lowest BCUT2D eigenvalue weighted by molar-refractivity contribution is -0.253. The molecule has 3 rings (SSSR count). The Bertz CT molecular complexity index is 1160. The van der Waals surface area contributed by atoms with Crippen LogP contribution in [0.4, 0.5) is 40.8 Å². The quantitative estimate of drug-likeness (QED) is 0.299. The summed E-state index contributed by atoms with van der Waals surface area (Å²) in [6.45, 7) is -1.31. The molecule has 12 heteroatoms. The van der Waals surface area contributed by atoms with Gasteiger partial charge in [-0.2, -0.15) is 30.7 Å². The third kappa shape index (κ3) is 7.48. The van der Waals surface area contributed by atoms with Gasteiger partial charge in [-0.25, -0.2) is 4.39 Å². The molecule has 0 aliphatic heterocycles. The van der Waals surface area contributed by atoms with Gasteiger partial charge in [-0.05, 0) is 42.0 Å². The summed E-state index contributed by atoms with van der Waals surface area (Å²) in [5.74, 6) is -0.937. The fourth-order valence-electron chi connectivity index (χ4n) is 3.11. The maximum absolute atomic E-state index is 13.4. The Labute approximate surface area is 200 Å². The average Bonchev–Trinajstić information content (AvgIpc) is 2.78. The first-order valence-corrected chi connectivity index (χ1v) is 10.3. The van der Waals surface area contributed by atoms with Gasteiger partial charge < -0.3 is 19.5 Å². The fourth-order valence-corrected chi connectivity index (χ4v) is 3.11. The van der Waals surface area contributed by atoms with Crippen LogP contribution in [0.3, 0.4) is 0 Å². The summed E-state index contributed by atoms with van der Waals surface area (Å²) >= 11 is 0. The zero-order valence-corrected chi connectivity index (χ0v) is 18.2. The van der Waals surface area contributed by atoms with Crippen LogP contribution in [-0.4, -0.2) is 36.5 Å². The van der Waals surface area contributed by atoms with Gasteiger partial charge in [0.15, 0.2) is 6.10 Å². The van der Waals surface area contributed by atoms with E-state index in [4.69, 9.17) is 4.74 Å². The minimum absolute atomic E-state index is 0.124. The predicted octanol–water partition coefficient (Wildman–Crippen LogP) is 6.78. The van der Waals surface area contributed by atoms with Crippen molar-refractivity contribution in [1.82, 2.24) is 0 Å². The number of anilines is 1. The first-order chi connectivity index (χ1) is 16.8. The van der Waals surface area contributed by atoms with Crippen molar-refractivity contribution in [1.29, 1.82) is 0 Å². The molecular formula is C24H19F8NO3. The predicted molar refractivity (Wildman–Crippen MR) is 114 cm³/mol. The van der Waals surface area contributed by atoms with Crippen molar-refractivity contribution in [3.63, 3.8) is 0 Å². The molecule has 1 N–H and O–H groups in total. The monoisotopic (exact) mass is 521 g/mol. The standard InChI is InChI=1S/C24H19F8NO3/c25-16-5-2-7-18(11-16)35-19-8-3-6-17(12-19)33(14-21(34)23(28,29)30)13-15-4-1-9-20(10-15)36-24(31,32)22(26)27/h1-12,21-22,34H,13-14H2. The minimum Gasteiger partial charge on any atom is -0.457 e. The molecule has 0 aliphatic carbocycles. The summed E-state index contributed by atoms with van der Waals surface area (Å²) in [5, 5.41) is 9.65. The van der Waals surface area contributed by atoms with Gasteiger partial charge in [-0.3, -0.25) is 0 Å². The Morgan fingerprint density at radius 3 is 2.06 bits per heavy atom. The third-order valence-corrected chi connectivity index (χ3v) is 4.77. The molecule has 3 aromatic rings. The topological polar surface area (TPSA) is 41.9 Å². The van der Waals surface area contributed by atoms with Gasteiger partial charge in [0, 0.05) is 24.4 Å². The minimum atomic E-state index is -4.96. The van der Waals surface area contributed by atoms with E-state index in [-0.39, 0.29) is 29.3 Å². The second-order valence-corrected chi connectivity index (χ2v) is 7.61. The SMILES string of the molecule is OC(CN(Cc1cccc(OC(F)(F)C(F)F)c1)c1cccc(Oc2cccc(F)c2)c1)C(F)(F)F. The molecule has 0 aromatic heterocycles. The first-order valence-electron chi connectivity index (χ1n) is 10.3. The summed E-state index contributed by atoms with van der Waals surface area (Å²) in [4.78, 5) is 1.08. The molecular weight excluding hydrogens is 502 g/mol.